The maximum absolute atomic E-state index is 12.9. The quantitative estimate of drug-likeness (QED) is 0.630. The van der Waals surface area contributed by atoms with Crippen molar-refractivity contribution in [2.45, 2.75) is 50.8 Å². The van der Waals surface area contributed by atoms with E-state index >= 15 is 0 Å². The van der Waals surface area contributed by atoms with E-state index < -0.39 is 36.4 Å². The summed E-state index contributed by atoms with van der Waals surface area (Å²) in [5.41, 5.74) is 0. The SMILES string of the molecule is O=C(CN1C[C@@H](C(F)(F)F)[C@H](C(=O)O)C1)NCCCOC1CCCCC1. The lowest BCUT2D eigenvalue weighted by molar-refractivity contribution is -0.188. The molecule has 0 bridgehead atoms. The Morgan fingerprint density at radius 3 is 2.42 bits per heavy atom. The number of likely N-dealkylation sites (tertiary alicyclic amines) is 1. The minimum atomic E-state index is -4.58. The Labute approximate surface area is 151 Å². The second-order valence-electron chi connectivity index (χ2n) is 7.12. The molecule has 2 fully saturated rings. The molecule has 0 aromatic carbocycles. The second kappa shape index (κ2) is 9.55. The molecule has 0 radical (unpaired) electrons. The van der Waals surface area contributed by atoms with Crippen molar-refractivity contribution in [1.29, 1.82) is 0 Å². The Hall–Kier alpha value is -1.35. The molecular weight excluding hydrogens is 353 g/mol. The van der Waals surface area contributed by atoms with Crippen molar-refractivity contribution in [3.63, 3.8) is 0 Å². The topological polar surface area (TPSA) is 78.9 Å². The summed E-state index contributed by atoms with van der Waals surface area (Å²) in [4.78, 5) is 24.2. The van der Waals surface area contributed by atoms with E-state index in [0.717, 1.165) is 12.8 Å². The fourth-order valence-corrected chi connectivity index (χ4v) is 3.64. The maximum atomic E-state index is 12.9. The van der Waals surface area contributed by atoms with Crippen molar-refractivity contribution in [2.75, 3.05) is 32.8 Å². The average Bonchev–Trinajstić information content (AvgIpc) is 3.00. The van der Waals surface area contributed by atoms with Gasteiger partial charge in [0.05, 0.1) is 24.5 Å². The highest BCUT2D eigenvalue weighted by molar-refractivity contribution is 5.78. The van der Waals surface area contributed by atoms with Gasteiger partial charge >= 0.3 is 12.1 Å². The van der Waals surface area contributed by atoms with Crippen LogP contribution in [0.15, 0.2) is 0 Å². The number of carboxylic acids is 1. The van der Waals surface area contributed by atoms with E-state index in [0.29, 0.717) is 25.7 Å². The molecule has 1 amide bonds. The zero-order valence-electron chi connectivity index (χ0n) is 14.8. The number of carbonyl (C=O) groups excluding carboxylic acids is 1. The Morgan fingerprint density at radius 1 is 1.15 bits per heavy atom. The van der Waals surface area contributed by atoms with Crippen LogP contribution in [-0.2, 0) is 14.3 Å². The molecule has 1 saturated carbocycles. The number of alkyl halides is 3. The number of hydrogen-bond acceptors (Lipinski definition) is 4. The van der Waals surface area contributed by atoms with Gasteiger partial charge in [0.25, 0.3) is 0 Å². The van der Waals surface area contributed by atoms with Gasteiger partial charge in [-0.25, -0.2) is 0 Å². The molecule has 2 rings (SSSR count). The largest absolute Gasteiger partial charge is 0.481 e. The van der Waals surface area contributed by atoms with E-state index in [9.17, 15) is 22.8 Å². The van der Waals surface area contributed by atoms with Crippen molar-refractivity contribution in [1.82, 2.24) is 10.2 Å². The molecule has 2 N–H and O–H groups in total. The van der Waals surface area contributed by atoms with Crippen LogP contribution >= 0.6 is 0 Å². The van der Waals surface area contributed by atoms with Crippen LogP contribution in [0.3, 0.4) is 0 Å². The molecule has 0 spiro atoms. The van der Waals surface area contributed by atoms with Crippen molar-refractivity contribution in [3.05, 3.63) is 0 Å². The number of carboxylic acid groups (broad SMARTS) is 1. The summed E-state index contributed by atoms with van der Waals surface area (Å²) in [5.74, 6) is -5.33. The molecule has 0 aromatic rings. The summed E-state index contributed by atoms with van der Waals surface area (Å²) in [6.45, 7) is -0.00735. The maximum Gasteiger partial charge on any atom is 0.393 e. The van der Waals surface area contributed by atoms with E-state index in [1.165, 1.54) is 24.2 Å². The van der Waals surface area contributed by atoms with Gasteiger partial charge in [0.2, 0.25) is 5.91 Å². The number of ether oxygens (including phenoxy) is 1. The fraction of sp³-hybridized carbons (Fsp3) is 0.882. The van der Waals surface area contributed by atoms with E-state index in [1.54, 1.807) is 0 Å². The number of rotatable bonds is 8. The summed E-state index contributed by atoms with van der Waals surface area (Å²) in [6, 6.07) is 0. The monoisotopic (exact) mass is 380 g/mol. The summed E-state index contributed by atoms with van der Waals surface area (Å²) in [5, 5.41) is 11.6. The van der Waals surface area contributed by atoms with Crippen molar-refractivity contribution >= 4 is 11.9 Å². The lowest BCUT2D eigenvalue weighted by atomic mass is 9.96. The molecule has 6 nitrogen and oxygen atoms in total. The minimum Gasteiger partial charge on any atom is -0.481 e. The number of nitrogens with one attached hydrogen (secondary N) is 1. The Morgan fingerprint density at radius 2 is 1.85 bits per heavy atom. The van der Waals surface area contributed by atoms with Crippen LogP contribution in [-0.4, -0.2) is 66.9 Å². The first-order valence-corrected chi connectivity index (χ1v) is 9.17. The first-order chi connectivity index (χ1) is 12.3. The summed E-state index contributed by atoms with van der Waals surface area (Å²) >= 11 is 0. The summed E-state index contributed by atoms with van der Waals surface area (Å²) in [6.07, 6.45) is 2.15. The summed E-state index contributed by atoms with van der Waals surface area (Å²) < 4.78 is 44.5. The molecule has 26 heavy (non-hydrogen) atoms. The zero-order chi connectivity index (χ0) is 19.2. The Kier molecular flexibility index (Phi) is 7.69. The van der Waals surface area contributed by atoms with Gasteiger partial charge in [-0.05, 0) is 19.3 Å². The van der Waals surface area contributed by atoms with Crippen LogP contribution < -0.4 is 5.32 Å². The standard InChI is InChI=1S/C17H27F3N2O4/c18-17(19,20)14-10-22(9-13(14)16(24)25)11-15(23)21-7-4-8-26-12-5-2-1-3-6-12/h12-14H,1-11H2,(H,21,23)(H,24,25)/t13-,14-/m1/s1. The number of carbonyl (C=O) groups is 2. The van der Waals surface area contributed by atoms with Gasteiger partial charge < -0.3 is 15.2 Å². The molecule has 0 unspecified atom stereocenters. The normalized spacial score (nSPS) is 25.3. The lowest BCUT2D eigenvalue weighted by Gasteiger charge is -2.22. The summed E-state index contributed by atoms with van der Waals surface area (Å²) in [7, 11) is 0. The lowest BCUT2D eigenvalue weighted by Crippen LogP contribution is -2.37. The first-order valence-electron chi connectivity index (χ1n) is 9.17. The van der Waals surface area contributed by atoms with Crippen LogP contribution in [0, 0.1) is 11.8 Å². The van der Waals surface area contributed by atoms with Crippen molar-refractivity contribution in [2.24, 2.45) is 11.8 Å². The fourth-order valence-electron chi connectivity index (χ4n) is 3.64. The zero-order valence-corrected chi connectivity index (χ0v) is 14.8. The molecule has 0 aromatic heterocycles. The van der Waals surface area contributed by atoms with Gasteiger partial charge in [-0.15, -0.1) is 0 Å². The Balaban J connectivity index is 1.63. The molecular formula is C17H27F3N2O4. The van der Waals surface area contributed by atoms with Crippen LogP contribution in [0.25, 0.3) is 0 Å². The third-order valence-electron chi connectivity index (χ3n) is 5.05. The highest BCUT2D eigenvalue weighted by atomic mass is 19.4. The number of halogens is 3. The van der Waals surface area contributed by atoms with E-state index in [2.05, 4.69) is 5.32 Å². The van der Waals surface area contributed by atoms with Gasteiger partial charge in [-0.2, -0.15) is 13.2 Å². The second-order valence-corrected chi connectivity index (χ2v) is 7.12. The number of aliphatic carboxylic acids is 1. The first kappa shape index (κ1) is 21.0. The van der Waals surface area contributed by atoms with Gasteiger partial charge in [0.15, 0.2) is 0 Å². The Bertz CT molecular complexity index is 481. The molecule has 2 atom stereocenters. The third-order valence-corrected chi connectivity index (χ3v) is 5.05. The molecule has 1 aliphatic carbocycles. The van der Waals surface area contributed by atoms with Gasteiger partial charge in [0, 0.05) is 26.2 Å². The predicted molar refractivity (Wildman–Crippen MR) is 87.6 cm³/mol. The molecule has 9 heteroatoms. The average molecular weight is 380 g/mol. The highest BCUT2D eigenvalue weighted by Crippen LogP contribution is 2.37. The molecule has 1 aliphatic heterocycles. The smallest absolute Gasteiger partial charge is 0.393 e. The highest BCUT2D eigenvalue weighted by Gasteiger charge is 2.52. The molecule has 150 valence electrons. The van der Waals surface area contributed by atoms with E-state index in [4.69, 9.17) is 9.84 Å². The molecule has 1 saturated heterocycles. The van der Waals surface area contributed by atoms with Gasteiger partial charge in [0.1, 0.15) is 0 Å². The number of hydrogen-bond donors (Lipinski definition) is 2. The van der Waals surface area contributed by atoms with Gasteiger partial charge in [-0.3, -0.25) is 14.5 Å². The number of nitrogens with zero attached hydrogens (tertiary/aromatic N) is 1. The van der Waals surface area contributed by atoms with Crippen molar-refractivity contribution < 1.29 is 32.6 Å². The van der Waals surface area contributed by atoms with Crippen molar-refractivity contribution in [3.8, 4) is 0 Å². The molecule has 2 aliphatic rings. The number of amides is 1. The molecule has 1 heterocycles. The minimum absolute atomic E-state index is 0.222. The predicted octanol–water partition coefficient (Wildman–Crippen LogP) is 2.04. The van der Waals surface area contributed by atoms with Crippen LogP contribution in [0.2, 0.25) is 0 Å². The third kappa shape index (κ3) is 6.42. The van der Waals surface area contributed by atoms with E-state index in [1.807, 2.05) is 0 Å². The van der Waals surface area contributed by atoms with Crippen LogP contribution in [0.4, 0.5) is 13.2 Å². The van der Waals surface area contributed by atoms with E-state index in [-0.39, 0.29) is 13.1 Å². The van der Waals surface area contributed by atoms with Gasteiger partial charge in [-0.1, -0.05) is 19.3 Å². The van der Waals surface area contributed by atoms with Crippen LogP contribution in [0.1, 0.15) is 38.5 Å². The van der Waals surface area contributed by atoms with Crippen LogP contribution in [0.5, 0.6) is 0 Å².